The number of benzene rings is 2. The molecule has 0 aliphatic rings. The van der Waals surface area contributed by atoms with E-state index in [1.165, 1.54) is 18.2 Å². The van der Waals surface area contributed by atoms with Crippen LogP contribution in [0.1, 0.15) is 16.8 Å². The Bertz CT molecular complexity index is 1120. The normalized spacial score (nSPS) is 10.5. The van der Waals surface area contributed by atoms with Gasteiger partial charge in [-0.1, -0.05) is 17.7 Å². The number of H-pyrrole nitrogens is 1. The van der Waals surface area contributed by atoms with Gasteiger partial charge in [-0.05, 0) is 58.7 Å². The number of ether oxygens (including phenoxy) is 1. The van der Waals surface area contributed by atoms with Crippen molar-refractivity contribution in [3.8, 4) is 11.5 Å². The molecule has 8 heteroatoms. The summed E-state index contributed by atoms with van der Waals surface area (Å²) in [5, 5.41) is 6.64. The van der Waals surface area contributed by atoms with E-state index in [0.717, 1.165) is 0 Å². The highest BCUT2D eigenvalue weighted by Gasteiger charge is 2.16. The summed E-state index contributed by atoms with van der Waals surface area (Å²) < 4.78 is 21.1. The second-order valence-corrected chi connectivity index (χ2v) is 7.05. The van der Waals surface area contributed by atoms with Gasteiger partial charge in [-0.15, -0.1) is 0 Å². The minimum atomic E-state index is -0.570. The van der Waals surface area contributed by atoms with Crippen LogP contribution in [-0.4, -0.2) is 10.2 Å². The Hall–Kier alpha value is -2.69. The number of rotatable bonds is 4. The minimum absolute atomic E-state index is 0.0214. The lowest BCUT2D eigenvalue weighted by Crippen LogP contribution is -2.13. The molecule has 2 aromatic carbocycles. The van der Waals surface area contributed by atoms with Crippen molar-refractivity contribution in [3.05, 3.63) is 90.3 Å². The molecule has 0 saturated carbocycles. The van der Waals surface area contributed by atoms with Crippen LogP contribution < -0.4 is 10.3 Å². The average molecular weight is 449 g/mol. The maximum atomic E-state index is 15.0. The summed E-state index contributed by atoms with van der Waals surface area (Å²) in [6.45, 7) is 8.75. The van der Waals surface area contributed by atoms with Crippen molar-refractivity contribution >= 4 is 33.2 Å². The lowest BCUT2D eigenvalue weighted by atomic mass is 10.1. The molecule has 1 heterocycles. The van der Waals surface area contributed by atoms with Gasteiger partial charge in [-0.3, -0.25) is 4.79 Å². The number of nitrogens with zero attached hydrogens (tertiary/aromatic N) is 2. The Balaban J connectivity index is 1.96. The van der Waals surface area contributed by atoms with Crippen molar-refractivity contribution in [3.63, 3.8) is 0 Å². The first-order valence-corrected chi connectivity index (χ1v) is 8.92. The van der Waals surface area contributed by atoms with Crippen LogP contribution in [-0.2, 0) is 6.42 Å². The molecule has 0 unspecified atom stereocenters. The first kappa shape index (κ1) is 19.1. The van der Waals surface area contributed by atoms with Gasteiger partial charge in [0, 0.05) is 17.0 Å². The third-order valence-corrected chi connectivity index (χ3v) is 4.59. The highest BCUT2D eigenvalue weighted by atomic mass is 79.9. The van der Waals surface area contributed by atoms with E-state index < -0.39 is 5.82 Å². The molecule has 5 nitrogen and oxygen atoms in total. The Morgan fingerprint density at radius 2 is 2.11 bits per heavy atom. The van der Waals surface area contributed by atoms with Crippen molar-refractivity contribution in [2.45, 2.75) is 13.3 Å². The Morgan fingerprint density at radius 1 is 1.33 bits per heavy atom. The second kappa shape index (κ2) is 7.91. The first-order chi connectivity index (χ1) is 12.9. The standard InChI is InChI=1S/C19H12BrClFN3O2/c1-10-5-14(24-25-19(10)26)6-11-3-4-16(20)18(17(11)22)27-15-8-12(21)7-13(9-15)23-2/h3-5,7-9H,6H2,1H3,(H,25,26). The summed E-state index contributed by atoms with van der Waals surface area (Å²) >= 11 is 9.25. The van der Waals surface area contributed by atoms with Gasteiger partial charge in [0.2, 0.25) is 0 Å². The number of aromatic nitrogens is 2. The smallest absolute Gasteiger partial charge is 0.267 e. The summed E-state index contributed by atoms with van der Waals surface area (Å²) in [5.74, 6) is -0.338. The first-order valence-electron chi connectivity index (χ1n) is 7.75. The highest BCUT2D eigenvalue weighted by molar-refractivity contribution is 9.10. The van der Waals surface area contributed by atoms with Gasteiger partial charge < -0.3 is 4.74 Å². The molecule has 1 N–H and O–H groups in total. The van der Waals surface area contributed by atoms with Crippen LogP contribution in [0.3, 0.4) is 0 Å². The minimum Gasteiger partial charge on any atom is -0.454 e. The zero-order valence-electron chi connectivity index (χ0n) is 14.0. The second-order valence-electron chi connectivity index (χ2n) is 5.76. The number of hydrogen-bond donors (Lipinski definition) is 1. The molecule has 0 atom stereocenters. The fourth-order valence-electron chi connectivity index (χ4n) is 2.44. The van der Waals surface area contributed by atoms with Crippen LogP contribution >= 0.6 is 27.5 Å². The molecule has 0 aliphatic heterocycles. The van der Waals surface area contributed by atoms with Gasteiger partial charge in [-0.2, -0.15) is 5.10 Å². The molecule has 0 radical (unpaired) electrons. The molecule has 0 saturated heterocycles. The maximum absolute atomic E-state index is 15.0. The van der Waals surface area contributed by atoms with Crippen LogP contribution in [0.2, 0.25) is 5.02 Å². The van der Waals surface area contributed by atoms with E-state index in [1.54, 1.807) is 25.1 Å². The third kappa shape index (κ3) is 4.35. The quantitative estimate of drug-likeness (QED) is 0.531. The van der Waals surface area contributed by atoms with Crippen molar-refractivity contribution in [2.75, 3.05) is 0 Å². The number of aryl methyl sites for hydroxylation is 1. The summed E-state index contributed by atoms with van der Waals surface area (Å²) in [6.07, 6.45) is 0.177. The molecule has 0 amide bonds. The van der Waals surface area contributed by atoms with Crippen molar-refractivity contribution in [1.82, 2.24) is 10.2 Å². The molecule has 27 heavy (non-hydrogen) atoms. The summed E-state index contributed by atoms with van der Waals surface area (Å²) in [4.78, 5) is 14.7. The lowest BCUT2D eigenvalue weighted by molar-refractivity contribution is 0.436. The van der Waals surface area contributed by atoms with Gasteiger partial charge in [0.15, 0.2) is 17.3 Å². The van der Waals surface area contributed by atoms with Crippen LogP contribution in [0, 0.1) is 19.3 Å². The van der Waals surface area contributed by atoms with Crippen LogP contribution in [0.4, 0.5) is 10.1 Å². The zero-order chi connectivity index (χ0) is 19.6. The average Bonchev–Trinajstić information content (AvgIpc) is 2.63. The third-order valence-electron chi connectivity index (χ3n) is 3.75. The number of nitrogens with one attached hydrogen (secondary N) is 1. The fraction of sp³-hybridized carbons (Fsp3) is 0.105. The molecule has 1 aromatic heterocycles. The van der Waals surface area contributed by atoms with E-state index in [9.17, 15) is 4.79 Å². The van der Waals surface area contributed by atoms with Gasteiger partial charge in [0.1, 0.15) is 5.75 Å². The molecule has 0 spiro atoms. The van der Waals surface area contributed by atoms with Crippen LogP contribution in [0.5, 0.6) is 11.5 Å². The molecule has 0 bridgehead atoms. The SMILES string of the molecule is [C-]#[N+]c1cc(Cl)cc(Oc2c(Br)ccc(Cc3cc(C)c(=O)[nH]n3)c2F)c1. The number of aromatic amines is 1. The molecule has 3 aromatic rings. The van der Waals surface area contributed by atoms with E-state index in [2.05, 4.69) is 31.0 Å². The van der Waals surface area contributed by atoms with E-state index in [0.29, 0.717) is 26.3 Å². The van der Waals surface area contributed by atoms with Gasteiger partial charge in [0.05, 0.1) is 16.7 Å². The molecule has 0 aliphatic carbocycles. The fourth-order valence-corrected chi connectivity index (χ4v) is 3.04. The molecule has 136 valence electrons. The van der Waals surface area contributed by atoms with E-state index in [-0.39, 0.29) is 29.2 Å². The lowest BCUT2D eigenvalue weighted by Gasteiger charge is -2.13. The number of hydrogen-bond acceptors (Lipinski definition) is 3. The molecular weight excluding hydrogens is 437 g/mol. The van der Waals surface area contributed by atoms with Gasteiger partial charge >= 0.3 is 0 Å². The Labute approximate surface area is 167 Å². The highest BCUT2D eigenvalue weighted by Crippen LogP contribution is 2.37. The number of halogens is 3. The van der Waals surface area contributed by atoms with Crippen LogP contribution in [0.25, 0.3) is 4.85 Å². The van der Waals surface area contributed by atoms with E-state index in [1.807, 2.05) is 0 Å². The maximum Gasteiger partial charge on any atom is 0.267 e. The van der Waals surface area contributed by atoms with Crippen molar-refractivity contribution in [2.24, 2.45) is 0 Å². The summed E-state index contributed by atoms with van der Waals surface area (Å²) in [5.41, 5.74) is 1.38. The molecule has 3 rings (SSSR count). The summed E-state index contributed by atoms with van der Waals surface area (Å²) in [6, 6.07) is 9.35. The largest absolute Gasteiger partial charge is 0.454 e. The van der Waals surface area contributed by atoms with Gasteiger partial charge in [0.25, 0.3) is 5.56 Å². The monoisotopic (exact) mass is 447 g/mol. The van der Waals surface area contributed by atoms with Crippen molar-refractivity contribution in [1.29, 1.82) is 0 Å². The topological polar surface area (TPSA) is 59.3 Å². The van der Waals surface area contributed by atoms with E-state index >= 15 is 4.39 Å². The zero-order valence-corrected chi connectivity index (χ0v) is 16.4. The Kier molecular flexibility index (Phi) is 5.59. The summed E-state index contributed by atoms with van der Waals surface area (Å²) in [7, 11) is 0. The van der Waals surface area contributed by atoms with Gasteiger partial charge in [-0.25, -0.2) is 14.3 Å². The van der Waals surface area contributed by atoms with Crippen molar-refractivity contribution < 1.29 is 9.13 Å². The van der Waals surface area contributed by atoms with Crippen LogP contribution in [0.15, 0.2) is 45.7 Å². The Morgan fingerprint density at radius 3 is 2.81 bits per heavy atom. The predicted molar refractivity (Wildman–Crippen MR) is 104 cm³/mol. The van der Waals surface area contributed by atoms with E-state index in [4.69, 9.17) is 22.9 Å². The predicted octanol–water partition coefficient (Wildman–Crippen LogP) is 5.57. The molecule has 0 fully saturated rings. The molecular formula is C19H12BrClFN3O2.